The monoisotopic (exact) mass is 486 g/mol. The first-order valence-electron chi connectivity index (χ1n) is 10.2. The quantitative estimate of drug-likeness (QED) is 0.222. The van der Waals surface area contributed by atoms with E-state index in [0.29, 0.717) is 22.6 Å². The van der Waals surface area contributed by atoms with Gasteiger partial charge in [0.25, 0.3) is 16.8 Å². The second-order valence-corrected chi connectivity index (χ2v) is 8.38. The highest BCUT2D eigenvalue weighted by Crippen LogP contribution is 2.35. The van der Waals surface area contributed by atoms with Crippen LogP contribution in [-0.2, 0) is 20.9 Å². The van der Waals surface area contributed by atoms with Crippen LogP contribution in [0.5, 0.6) is 11.5 Å². The summed E-state index contributed by atoms with van der Waals surface area (Å²) in [5, 5.41) is 10.6. The van der Waals surface area contributed by atoms with Gasteiger partial charge in [-0.1, -0.05) is 18.2 Å². The summed E-state index contributed by atoms with van der Waals surface area (Å²) in [5.74, 6) is -0.568. The van der Waals surface area contributed by atoms with Crippen LogP contribution < -0.4 is 9.47 Å². The maximum absolute atomic E-state index is 12.6. The summed E-state index contributed by atoms with van der Waals surface area (Å²) in [6.07, 6.45) is 1.15. The topological polar surface area (TPSA) is 125 Å². The molecule has 1 heterocycles. The molecule has 2 aromatic carbocycles. The molecular weight excluding hydrogens is 464 g/mol. The fourth-order valence-electron chi connectivity index (χ4n) is 3.08. The zero-order valence-corrected chi connectivity index (χ0v) is 19.5. The van der Waals surface area contributed by atoms with Crippen LogP contribution in [0, 0.1) is 10.1 Å². The second-order valence-electron chi connectivity index (χ2n) is 7.39. The average Bonchev–Trinajstić information content (AvgIpc) is 3.04. The van der Waals surface area contributed by atoms with Crippen LogP contribution in [0.15, 0.2) is 47.4 Å². The van der Waals surface area contributed by atoms with E-state index in [-0.39, 0.29) is 23.3 Å². The number of imide groups is 1. The molecule has 0 spiro atoms. The number of hydrogen-bond donors (Lipinski definition) is 0. The first-order valence-corrected chi connectivity index (χ1v) is 11.0. The Morgan fingerprint density at radius 3 is 2.59 bits per heavy atom. The fraction of sp³-hybridized carbons (Fsp3) is 0.261. The number of ether oxygens (including phenoxy) is 3. The molecule has 2 amide bonds. The number of nitro groups is 1. The van der Waals surface area contributed by atoms with Crippen LogP contribution in [0.3, 0.4) is 0 Å². The maximum atomic E-state index is 12.6. The van der Waals surface area contributed by atoms with Crippen molar-refractivity contribution in [1.82, 2.24) is 4.90 Å². The predicted molar refractivity (Wildman–Crippen MR) is 124 cm³/mol. The third kappa shape index (κ3) is 5.93. The van der Waals surface area contributed by atoms with Crippen LogP contribution >= 0.6 is 11.8 Å². The minimum absolute atomic E-state index is 0.0434. The molecule has 11 heteroatoms. The summed E-state index contributed by atoms with van der Waals surface area (Å²) in [6, 6.07) is 11.1. The molecule has 10 nitrogen and oxygen atoms in total. The number of methoxy groups -OCH3 is 1. The van der Waals surface area contributed by atoms with Crippen molar-refractivity contribution in [2.24, 2.45) is 0 Å². The number of rotatable bonds is 9. The van der Waals surface area contributed by atoms with Gasteiger partial charge in [-0.3, -0.25) is 29.4 Å². The summed E-state index contributed by atoms with van der Waals surface area (Å²) >= 11 is 0.722. The average molecular weight is 487 g/mol. The van der Waals surface area contributed by atoms with Crippen molar-refractivity contribution in [3.63, 3.8) is 0 Å². The number of para-hydroxylation sites is 1. The van der Waals surface area contributed by atoms with Crippen LogP contribution in [0.4, 0.5) is 10.5 Å². The number of nitro benzene ring substituents is 1. The first kappa shape index (κ1) is 24.8. The molecule has 1 aliphatic rings. The molecule has 0 bridgehead atoms. The smallest absolute Gasteiger partial charge is 0.326 e. The molecule has 178 valence electrons. The van der Waals surface area contributed by atoms with Gasteiger partial charge in [0, 0.05) is 6.07 Å². The molecule has 1 saturated heterocycles. The van der Waals surface area contributed by atoms with Gasteiger partial charge in [0.05, 0.1) is 28.6 Å². The van der Waals surface area contributed by atoms with Crippen molar-refractivity contribution in [3.05, 3.63) is 68.6 Å². The van der Waals surface area contributed by atoms with Crippen molar-refractivity contribution in [2.75, 3.05) is 13.7 Å². The van der Waals surface area contributed by atoms with Crippen molar-refractivity contribution in [2.45, 2.75) is 26.6 Å². The van der Waals surface area contributed by atoms with Crippen LogP contribution in [-0.4, -0.2) is 46.7 Å². The first-order chi connectivity index (χ1) is 16.2. The number of carbonyl (C=O) groups is 3. The van der Waals surface area contributed by atoms with Crippen LogP contribution in [0.2, 0.25) is 0 Å². The fourth-order valence-corrected chi connectivity index (χ4v) is 3.91. The van der Waals surface area contributed by atoms with Gasteiger partial charge in [-0.05, 0) is 55.4 Å². The number of esters is 1. The van der Waals surface area contributed by atoms with Gasteiger partial charge in [-0.2, -0.15) is 0 Å². The van der Waals surface area contributed by atoms with Gasteiger partial charge in [-0.15, -0.1) is 0 Å². The molecule has 0 saturated carbocycles. The number of amides is 2. The molecule has 0 aromatic heterocycles. The summed E-state index contributed by atoms with van der Waals surface area (Å²) in [4.78, 5) is 48.3. The molecule has 1 aliphatic heterocycles. The molecule has 0 unspecified atom stereocenters. The van der Waals surface area contributed by atoms with Crippen LogP contribution in [0.25, 0.3) is 6.08 Å². The minimum Gasteiger partial charge on any atom is -0.493 e. The Balaban J connectivity index is 1.74. The largest absolute Gasteiger partial charge is 0.493 e. The van der Waals surface area contributed by atoms with E-state index in [0.717, 1.165) is 16.7 Å². The number of benzene rings is 2. The van der Waals surface area contributed by atoms with Gasteiger partial charge in [-0.25, -0.2) is 0 Å². The van der Waals surface area contributed by atoms with Gasteiger partial charge < -0.3 is 14.2 Å². The Bertz CT molecular complexity index is 1160. The maximum Gasteiger partial charge on any atom is 0.326 e. The molecule has 0 aliphatic carbocycles. The predicted octanol–water partition coefficient (Wildman–Crippen LogP) is 4.17. The van der Waals surface area contributed by atoms with E-state index < -0.39 is 28.6 Å². The van der Waals surface area contributed by atoms with Gasteiger partial charge in [0.1, 0.15) is 13.2 Å². The van der Waals surface area contributed by atoms with E-state index in [1.54, 1.807) is 50.2 Å². The Hall–Kier alpha value is -3.86. The molecule has 3 rings (SSSR count). The third-order valence-corrected chi connectivity index (χ3v) is 5.49. The Morgan fingerprint density at radius 2 is 1.91 bits per heavy atom. The molecule has 34 heavy (non-hydrogen) atoms. The molecule has 1 fully saturated rings. The highest BCUT2D eigenvalue weighted by atomic mass is 32.2. The van der Waals surface area contributed by atoms with Gasteiger partial charge in [0.15, 0.2) is 11.5 Å². The summed E-state index contributed by atoms with van der Waals surface area (Å²) in [5.41, 5.74) is 0.916. The molecule has 0 radical (unpaired) electrons. The van der Waals surface area contributed by atoms with Gasteiger partial charge in [0.2, 0.25) is 0 Å². The van der Waals surface area contributed by atoms with E-state index in [4.69, 9.17) is 14.2 Å². The van der Waals surface area contributed by atoms with E-state index in [1.807, 2.05) is 0 Å². The second kappa shape index (κ2) is 10.8. The molecule has 2 aromatic rings. The normalized spacial score (nSPS) is 14.6. The lowest BCUT2D eigenvalue weighted by molar-refractivity contribution is -0.385. The number of carbonyl (C=O) groups excluding carboxylic acids is 3. The van der Waals surface area contributed by atoms with E-state index in [9.17, 15) is 24.5 Å². The highest BCUT2D eigenvalue weighted by Gasteiger charge is 2.36. The third-order valence-electron chi connectivity index (χ3n) is 4.58. The SMILES string of the molecule is COc1cc(/C=C2\SC(=O)N(CC(=O)OC(C)C)C2=O)ccc1OCc1ccccc1[N+](=O)[O-]. The Morgan fingerprint density at radius 1 is 1.18 bits per heavy atom. The number of hydrogen-bond acceptors (Lipinski definition) is 9. The van der Waals surface area contributed by atoms with Crippen molar-refractivity contribution in [3.8, 4) is 11.5 Å². The summed E-state index contributed by atoms with van der Waals surface area (Å²) < 4.78 is 16.1. The van der Waals surface area contributed by atoms with Crippen LogP contribution in [0.1, 0.15) is 25.0 Å². The van der Waals surface area contributed by atoms with Crippen molar-refractivity contribution in [1.29, 1.82) is 0 Å². The Labute approximate surface area is 199 Å². The highest BCUT2D eigenvalue weighted by molar-refractivity contribution is 8.18. The van der Waals surface area contributed by atoms with Crippen molar-refractivity contribution >= 4 is 40.6 Å². The minimum atomic E-state index is -0.666. The number of thioether (sulfide) groups is 1. The zero-order chi connectivity index (χ0) is 24.8. The van der Waals surface area contributed by atoms with Crippen molar-refractivity contribution < 1.29 is 33.5 Å². The standard InChI is InChI=1S/C23H22N2O8S/c1-14(2)33-21(26)12-24-22(27)20(34-23(24)28)11-15-8-9-18(19(10-15)31-3)32-13-16-6-4-5-7-17(16)25(29)30/h4-11,14H,12-13H2,1-3H3/b20-11-. The summed E-state index contributed by atoms with van der Waals surface area (Å²) in [6.45, 7) is 2.85. The molecule has 0 atom stereocenters. The zero-order valence-electron chi connectivity index (χ0n) is 18.7. The van der Waals surface area contributed by atoms with Gasteiger partial charge >= 0.3 is 5.97 Å². The van der Waals surface area contributed by atoms with E-state index in [1.165, 1.54) is 19.3 Å². The number of nitrogens with zero attached hydrogens (tertiary/aromatic N) is 2. The molecule has 0 N–H and O–H groups in total. The van der Waals surface area contributed by atoms with E-state index >= 15 is 0 Å². The lowest BCUT2D eigenvalue weighted by Gasteiger charge is -2.13. The molecular formula is C23H22N2O8S. The summed E-state index contributed by atoms with van der Waals surface area (Å²) in [7, 11) is 1.44. The van der Waals surface area contributed by atoms with E-state index in [2.05, 4.69) is 0 Å². The lowest BCUT2D eigenvalue weighted by Crippen LogP contribution is -2.35. The lowest BCUT2D eigenvalue weighted by atomic mass is 10.1. The Kier molecular flexibility index (Phi) is 7.90.